The van der Waals surface area contributed by atoms with Gasteiger partial charge < -0.3 is 14.2 Å². The minimum atomic E-state index is -0.546. The number of ether oxygens (including phenoxy) is 3. The quantitative estimate of drug-likeness (QED) is 0.414. The average molecular weight is 238 g/mol. The first-order valence-corrected chi connectivity index (χ1v) is 5.59. The molecular formula is C13H18O4. The van der Waals surface area contributed by atoms with Crippen molar-refractivity contribution >= 4 is 5.97 Å². The van der Waals surface area contributed by atoms with Crippen LogP contribution in [-0.2, 0) is 25.6 Å². The lowest BCUT2D eigenvalue weighted by molar-refractivity contribution is -0.165. The molecule has 0 heterocycles. The molecule has 1 aromatic rings. The second-order valence-corrected chi connectivity index (χ2v) is 3.54. The number of carbonyl (C=O) groups excluding carboxylic acids is 1. The minimum Gasteiger partial charge on any atom is -0.467 e. The van der Waals surface area contributed by atoms with Crippen LogP contribution in [0.15, 0.2) is 30.3 Å². The Morgan fingerprint density at radius 3 is 2.59 bits per heavy atom. The number of benzene rings is 1. The maximum Gasteiger partial charge on any atom is 0.335 e. The SMILES string of the molecule is CCC(OCOCc1ccccc1)C(=O)OC. The first-order chi connectivity index (χ1) is 8.27. The molecule has 0 aromatic heterocycles. The number of methoxy groups -OCH3 is 1. The van der Waals surface area contributed by atoms with Gasteiger partial charge >= 0.3 is 5.97 Å². The van der Waals surface area contributed by atoms with Crippen molar-refractivity contribution in [3.63, 3.8) is 0 Å². The average Bonchev–Trinajstić information content (AvgIpc) is 2.39. The zero-order chi connectivity index (χ0) is 12.5. The van der Waals surface area contributed by atoms with Crippen LogP contribution in [0.2, 0.25) is 0 Å². The van der Waals surface area contributed by atoms with Crippen LogP contribution in [0, 0.1) is 0 Å². The molecule has 1 unspecified atom stereocenters. The highest BCUT2D eigenvalue weighted by atomic mass is 16.7. The Bertz CT molecular complexity index is 323. The summed E-state index contributed by atoms with van der Waals surface area (Å²) >= 11 is 0. The summed E-state index contributed by atoms with van der Waals surface area (Å²) in [6.45, 7) is 2.42. The summed E-state index contributed by atoms with van der Waals surface area (Å²) in [6.07, 6.45) is 0.0252. The normalized spacial score (nSPS) is 12.1. The molecule has 4 nitrogen and oxygen atoms in total. The zero-order valence-electron chi connectivity index (χ0n) is 10.2. The van der Waals surface area contributed by atoms with Crippen molar-refractivity contribution in [1.82, 2.24) is 0 Å². The Labute approximate surface area is 101 Å². The second kappa shape index (κ2) is 7.81. The number of hydrogen-bond acceptors (Lipinski definition) is 4. The van der Waals surface area contributed by atoms with Crippen molar-refractivity contribution in [3.8, 4) is 0 Å². The van der Waals surface area contributed by atoms with E-state index in [1.807, 2.05) is 37.3 Å². The van der Waals surface area contributed by atoms with E-state index in [9.17, 15) is 4.79 Å². The highest BCUT2D eigenvalue weighted by Crippen LogP contribution is 2.03. The van der Waals surface area contributed by atoms with Crippen LogP contribution in [0.3, 0.4) is 0 Å². The predicted molar refractivity (Wildman–Crippen MR) is 63.3 cm³/mol. The van der Waals surface area contributed by atoms with Gasteiger partial charge in [0.1, 0.15) is 6.79 Å². The molecule has 1 rings (SSSR count). The molecule has 1 aromatic carbocycles. The van der Waals surface area contributed by atoms with Crippen molar-refractivity contribution in [2.45, 2.75) is 26.1 Å². The monoisotopic (exact) mass is 238 g/mol. The van der Waals surface area contributed by atoms with Gasteiger partial charge in [0.25, 0.3) is 0 Å². The van der Waals surface area contributed by atoms with Crippen molar-refractivity contribution < 1.29 is 19.0 Å². The Hall–Kier alpha value is -1.39. The highest BCUT2D eigenvalue weighted by Gasteiger charge is 2.16. The summed E-state index contributed by atoms with van der Waals surface area (Å²) < 4.78 is 15.2. The fraction of sp³-hybridized carbons (Fsp3) is 0.462. The second-order valence-electron chi connectivity index (χ2n) is 3.54. The highest BCUT2D eigenvalue weighted by molar-refractivity contribution is 5.74. The third kappa shape index (κ3) is 4.97. The Kier molecular flexibility index (Phi) is 6.29. The lowest BCUT2D eigenvalue weighted by Gasteiger charge is -2.13. The maximum atomic E-state index is 11.2. The molecule has 0 aliphatic heterocycles. The molecule has 0 saturated heterocycles. The first kappa shape index (κ1) is 13.7. The Morgan fingerprint density at radius 2 is 2.00 bits per heavy atom. The molecule has 0 saturated carbocycles. The van der Waals surface area contributed by atoms with E-state index in [0.29, 0.717) is 13.0 Å². The van der Waals surface area contributed by atoms with Crippen LogP contribution < -0.4 is 0 Å². The van der Waals surface area contributed by atoms with Gasteiger partial charge in [-0.15, -0.1) is 0 Å². The maximum absolute atomic E-state index is 11.2. The third-order valence-electron chi connectivity index (χ3n) is 2.30. The molecule has 94 valence electrons. The molecule has 0 aliphatic carbocycles. The standard InChI is InChI=1S/C13H18O4/c1-3-12(13(14)15-2)17-10-16-9-11-7-5-4-6-8-11/h4-8,12H,3,9-10H2,1-2H3. The van der Waals surface area contributed by atoms with E-state index in [-0.39, 0.29) is 12.8 Å². The summed E-state index contributed by atoms with van der Waals surface area (Å²) in [4.78, 5) is 11.2. The molecule has 0 bridgehead atoms. The predicted octanol–water partition coefficient (Wildman–Crippen LogP) is 2.13. The van der Waals surface area contributed by atoms with Gasteiger partial charge in [-0.25, -0.2) is 4.79 Å². The summed E-state index contributed by atoms with van der Waals surface area (Å²) in [5.41, 5.74) is 1.07. The van der Waals surface area contributed by atoms with Crippen molar-refractivity contribution in [1.29, 1.82) is 0 Å². The first-order valence-electron chi connectivity index (χ1n) is 5.59. The Morgan fingerprint density at radius 1 is 1.29 bits per heavy atom. The van der Waals surface area contributed by atoms with Gasteiger partial charge in [0.2, 0.25) is 0 Å². The summed E-state index contributed by atoms with van der Waals surface area (Å²) in [5, 5.41) is 0. The van der Waals surface area contributed by atoms with Gasteiger partial charge in [0, 0.05) is 0 Å². The smallest absolute Gasteiger partial charge is 0.335 e. The van der Waals surface area contributed by atoms with E-state index >= 15 is 0 Å². The molecule has 1 atom stereocenters. The van der Waals surface area contributed by atoms with Gasteiger partial charge in [-0.1, -0.05) is 37.3 Å². The van der Waals surface area contributed by atoms with Crippen LogP contribution in [0.1, 0.15) is 18.9 Å². The van der Waals surface area contributed by atoms with Gasteiger partial charge in [-0.3, -0.25) is 0 Å². The molecule has 4 heteroatoms. The fourth-order valence-electron chi connectivity index (χ4n) is 1.35. The topological polar surface area (TPSA) is 44.8 Å². The van der Waals surface area contributed by atoms with Gasteiger partial charge in [0.15, 0.2) is 6.10 Å². The zero-order valence-corrected chi connectivity index (χ0v) is 10.2. The van der Waals surface area contributed by atoms with E-state index < -0.39 is 6.10 Å². The lowest BCUT2D eigenvalue weighted by atomic mass is 10.2. The van der Waals surface area contributed by atoms with E-state index in [4.69, 9.17) is 9.47 Å². The number of carbonyl (C=O) groups is 1. The molecule has 0 radical (unpaired) electrons. The van der Waals surface area contributed by atoms with Crippen LogP contribution >= 0.6 is 0 Å². The van der Waals surface area contributed by atoms with E-state index in [1.165, 1.54) is 7.11 Å². The molecule has 0 spiro atoms. The fourth-order valence-corrected chi connectivity index (χ4v) is 1.35. The van der Waals surface area contributed by atoms with Gasteiger partial charge in [-0.2, -0.15) is 0 Å². The lowest BCUT2D eigenvalue weighted by Crippen LogP contribution is -2.25. The largest absolute Gasteiger partial charge is 0.467 e. The van der Waals surface area contributed by atoms with Gasteiger partial charge in [-0.05, 0) is 12.0 Å². The van der Waals surface area contributed by atoms with E-state index in [0.717, 1.165) is 5.56 Å². The molecule has 0 amide bonds. The molecule has 0 fully saturated rings. The van der Waals surface area contributed by atoms with Crippen LogP contribution in [0.4, 0.5) is 0 Å². The molecular weight excluding hydrogens is 220 g/mol. The van der Waals surface area contributed by atoms with Gasteiger partial charge in [0.05, 0.1) is 13.7 Å². The summed E-state index contributed by atoms with van der Waals surface area (Å²) in [7, 11) is 1.35. The third-order valence-corrected chi connectivity index (χ3v) is 2.30. The van der Waals surface area contributed by atoms with Crippen molar-refractivity contribution in [2.75, 3.05) is 13.9 Å². The molecule has 0 N–H and O–H groups in total. The Balaban J connectivity index is 2.21. The minimum absolute atomic E-state index is 0.0858. The summed E-state index contributed by atoms with van der Waals surface area (Å²) in [5.74, 6) is -0.365. The molecule has 0 aliphatic rings. The summed E-state index contributed by atoms with van der Waals surface area (Å²) in [6, 6.07) is 9.78. The number of esters is 1. The van der Waals surface area contributed by atoms with Crippen LogP contribution in [-0.4, -0.2) is 26.0 Å². The van der Waals surface area contributed by atoms with E-state index in [2.05, 4.69) is 4.74 Å². The van der Waals surface area contributed by atoms with Crippen molar-refractivity contribution in [3.05, 3.63) is 35.9 Å². The van der Waals surface area contributed by atoms with Crippen LogP contribution in [0.25, 0.3) is 0 Å². The van der Waals surface area contributed by atoms with Crippen molar-refractivity contribution in [2.24, 2.45) is 0 Å². The van der Waals surface area contributed by atoms with E-state index in [1.54, 1.807) is 0 Å². The number of rotatable bonds is 7. The molecule has 17 heavy (non-hydrogen) atoms. The van der Waals surface area contributed by atoms with Crippen LogP contribution in [0.5, 0.6) is 0 Å². The number of hydrogen-bond donors (Lipinski definition) is 0.